The molecule has 0 aliphatic rings. The third-order valence-corrected chi connectivity index (χ3v) is 12.4. The van der Waals surface area contributed by atoms with Gasteiger partial charge in [-0.25, -0.2) is 0 Å². The molecule has 0 aromatic heterocycles. The Morgan fingerprint density at radius 1 is 0.947 bits per heavy atom. The SMILES string of the molecule is CCC(C)(O[Si](C)(C)[C@@H](C)O[Si](C)(C)C)[Si](C)(C)C. The Morgan fingerprint density at radius 2 is 1.37 bits per heavy atom. The van der Waals surface area contributed by atoms with Crippen molar-refractivity contribution in [3.05, 3.63) is 0 Å². The van der Waals surface area contributed by atoms with Gasteiger partial charge in [-0.05, 0) is 53.0 Å². The zero-order valence-electron chi connectivity index (χ0n) is 15.1. The quantitative estimate of drug-likeness (QED) is 0.612. The molecule has 0 fully saturated rings. The van der Waals surface area contributed by atoms with Crippen molar-refractivity contribution in [1.82, 2.24) is 0 Å². The summed E-state index contributed by atoms with van der Waals surface area (Å²) in [7, 11) is -4.69. The van der Waals surface area contributed by atoms with E-state index in [1.807, 2.05) is 0 Å². The van der Waals surface area contributed by atoms with Gasteiger partial charge in [-0.1, -0.05) is 26.6 Å². The summed E-state index contributed by atoms with van der Waals surface area (Å²) < 4.78 is 13.0. The first-order valence-electron chi connectivity index (χ1n) is 7.52. The molecular weight excluding hydrogens is 284 g/mol. The average Bonchev–Trinajstić information content (AvgIpc) is 2.12. The van der Waals surface area contributed by atoms with Crippen molar-refractivity contribution in [2.75, 3.05) is 0 Å². The highest BCUT2D eigenvalue weighted by Gasteiger charge is 2.46. The highest BCUT2D eigenvalue weighted by Crippen LogP contribution is 2.33. The Balaban J connectivity index is 5.03. The minimum Gasteiger partial charge on any atom is -0.415 e. The molecule has 5 heteroatoms. The second-order valence-electron chi connectivity index (χ2n) is 8.41. The molecule has 0 amide bonds. The molecule has 0 saturated heterocycles. The van der Waals surface area contributed by atoms with Crippen LogP contribution >= 0.6 is 0 Å². The van der Waals surface area contributed by atoms with Crippen molar-refractivity contribution < 1.29 is 8.85 Å². The summed E-state index contributed by atoms with van der Waals surface area (Å²) in [5.41, 5.74) is 0.265. The van der Waals surface area contributed by atoms with E-state index in [4.69, 9.17) is 8.85 Å². The number of hydrogen-bond acceptors (Lipinski definition) is 2. The lowest BCUT2D eigenvalue weighted by Crippen LogP contribution is -2.60. The van der Waals surface area contributed by atoms with Gasteiger partial charge in [0.2, 0.25) is 8.32 Å². The molecule has 0 N–H and O–H groups in total. The maximum absolute atomic E-state index is 6.74. The fourth-order valence-corrected chi connectivity index (χ4v) is 9.89. The van der Waals surface area contributed by atoms with Crippen LogP contribution in [0.15, 0.2) is 0 Å². The van der Waals surface area contributed by atoms with Crippen molar-refractivity contribution in [2.45, 2.75) is 90.5 Å². The summed E-state index contributed by atoms with van der Waals surface area (Å²) in [6.07, 6.45) is 1.10. The topological polar surface area (TPSA) is 18.5 Å². The van der Waals surface area contributed by atoms with Gasteiger partial charge in [-0.15, -0.1) is 0 Å². The Bertz CT molecular complexity index is 292. The lowest BCUT2D eigenvalue weighted by Gasteiger charge is -2.47. The van der Waals surface area contributed by atoms with Crippen LogP contribution < -0.4 is 0 Å². The second-order valence-corrected chi connectivity index (χ2v) is 22.7. The minimum absolute atomic E-state index is 0.0553. The van der Waals surface area contributed by atoms with E-state index in [9.17, 15) is 0 Å². The first kappa shape index (κ1) is 19.6. The van der Waals surface area contributed by atoms with E-state index >= 15 is 0 Å². The molecule has 0 aliphatic carbocycles. The number of rotatable bonds is 7. The molecule has 0 aliphatic heterocycles. The molecule has 0 radical (unpaired) electrons. The Hall–Kier alpha value is 0.571. The molecule has 19 heavy (non-hydrogen) atoms. The van der Waals surface area contributed by atoms with Gasteiger partial charge >= 0.3 is 0 Å². The highest BCUT2D eigenvalue weighted by atomic mass is 28.4. The van der Waals surface area contributed by atoms with Crippen molar-refractivity contribution in [2.24, 2.45) is 0 Å². The van der Waals surface area contributed by atoms with Gasteiger partial charge in [0.1, 0.15) is 0 Å². The molecule has 0 spiro atoms. The maximum Gasteiger partial charge on any atom is 0.213 e. The summed E-state index contributed by atoms with van der Waals surface area (Å²) >= 11 is 0. The van der Waals surface area contributed by atoms with Crippen LogP contribution in [0.5, 0.6) is 0 Å². The van der Waals surface area contributed by atoms with E-state index in [0.717, 1.165) is 6.42 Å². The first-order valence-corrected chi connectivity index (χ1v) is 17.4. The van der Waals surface area contributed by atoms with E-state index in [1.165, 1.54) is 0 Å². The molecule has 0 aromatic carbocycles. The molecule has 0 bridgehead atoms. The smallest absolute Gasteiger partial charge is 0.213 e. The van der Waals surface area contributed by atoms with E-state index in [2.05, 4.69) is 73.1 Å². The summed E-state index contributed by atoms with van der Waals surface area (Å²) in [5.74, 6) is 0. The Kier molecular flexibility index (Phi) is 6.32. The molecule has 2 nitrogen and oxygen atoms in total. The fraction of sp³-hybridized carbons (Fsp3) is 1.00. The largest absolute Gasteiger partial charge is 0.415 e. The predicted octanol–water partition coefficient (Wildman–Crippen LogP) is 5.03. The van der Waals surface area contributed by atoms with Crippen molar-refractivity contribution >= 4 is 24.7 Å². The molecule has 2 atom stereocenters. The van der Waals surface area contributed by atoms with E-state index < -0.39 is 24.7 Å². The fourth-order valence-electron chi connectivity index (χ4n) is 2.09. The third-order valence-electron chi connectivity index (χ3n) is 4.26. The van der Waals surface area contributed by atoms with Crippen LogP contribution in [0.4, 0.5) is 0 Å². The third kappa shape index (κ3) is 5.83. The van der Waals surface area contributed by atoms with Gasteiger partial charge in [0.05, 0.1) is 13.8 Å². The van der Waals surface area contributed by atoms with Crippen LogP contribution in [0, 0.1) is 0 Å². The van der Waals surface area contributed by atoms with Crippen LogP contribution in [0.25, 0.3) is 0 Å². The summed E-state index contributed by atoms with van der Waals surface area (Å²) in [4.78, 5) is 0. The van der Waals surface area contributed by atoms with Crippen LogP contribution in [0.3, 0.4) is 0 Å². The highest BCUT2D eigenvalue weighted by molar-refractivity contribution is 6.81. The molecule has 116 valence electrons. The average molecular weight is 321 g/mol. The van der Waals surface area contributed by atoms with Gasteiger partial charge in [0.15, 0.2) is 8.32 Å². The zero-order chi connectivity index (χ0) is 15.7. The Labute approximate surface area is 124 Å². The molecule has 0 aromatic rings. The van der Waals surface area contributed by atoms with E-state index in [-0.39, 0.29) is 11.0 Å². The van der Waals surface area contributed by atoms with Crippen LogP contribution in [0.2, 0.25) is 52.4 Å². The van der Waals surface area contributed by atoms with E-state index in [1.54, 1.807) is 0 Å². The second kappa shape index (κ2) is 6.13. The maximum atomic E-state index is 6.74. The van der Waals surface area contributed by atoms with Crippen molar-refractivity contribution in [3.63, 3.8) is 0 Å². The zero-order valence-corrected chi connectivity index (χ0v) is 18.1. The predicted molar refractivity (Wildman–Crippen MR) is 94.5 cm³/mol. The standard InChI is InChI=1S/C14H36O2Si3/c1-12-14(3,17(4,5)6)16-19(10,11)13(2)15-18(7,8)9/h13H,12H2,1-11H3/t13-,14?/m0/s1. The van der Waals surface area contributed by atoms with Crippen LogP contribution in [-0.4, -0.2) is 35.7 Å². The summed E-state index contributed by atoms with van der Waals surface area (Å²) in [6.45, 7) is 25.4. The lowest BCUT2D eigenvalue weighted by atomic mass is 10.3. The number of hydrogen-bond donors (Lipinski definition) is 0. The monoisotopic (exact) mass is 320 g/mol. The molecule has 0 rings (SSSR count). The minimum atomic E-state index is -1.84. The van der Waals surface area contributed by atoms with Gasteiger partial charge in [0, 0.05) is 5.22 Å². The summed E-state index contributed by atoms with van der Waals surface area (Å²) in [6, 6.07) is 0. The summed E-state index contributed by atoms with van der Waals surface area (Å²) in [5, 5.41) is 0.0553. The first-order chi connectivity index (χ1) is 8.15. The van der Waals surface area contributed by atoms with Gasteiger partial charge in [-0.2, -0.15) is 0 Å². The van der Waals surface area contributed by atoms with Gasteiger partial charge < -0.3 is 8.85 Å². The molecule has 0 saturated carbocycles. The van der Waals surface area contributed by atoms with Crippen LogP contribution in [-0.2, 0) is 8.85 Å². The van der Waals surface area contributed by atoms with Gasteiger partial charge in [0.25, 0.3) is 0 Å². The lowest BCUT2D eigenvalue weighted by molar-refractivity contribution is 0.124. The van der Waals surface area contributed by atoms with Crippen molar-refractivity contribution in [1.29, 1.82) is 0 Å². The molecule has 1 unspecified atom stereocenters. The molecule has 0 heterocycles. The Morgan fingerprint density at radius 3 is 1.63 bits per heavy atom. The van der Waals surface area contributed by atoms with Gasteiger partial charge in [-0.3, -0.25) is 0 Å². The normalized spacial score (nSPS) is 19.1. The van der Waals surface area contributed by atoms with E-state index in [0.29, 0.717) is 0 Å². The molecular formula is C14H36O2Si3. The van der Waals surface area contributed by atoms with Crippen LogP contribution in [0.1, 0.15) is 27.2 Å². The van der Waals surface area contributed by atoms with Crippen molar-refractivity contribution in [3.8, 4) is 0 Å².